The van der Waals surface area contributed by atoms with Crippen LogP contribution in [0.3, 0.4) is 0 Å². The van der Waals surface area contributed by atoms with Crippen molar-refractivity contribution in [3.05, 3.63) is 151 Å². The molecule has 49 heavy (non-hydrogen) atoms. The third-order valence-electron chi connectivity index (χ3n) is 10.8. The van der Waals surface area contributed by atoms with Gasteiger partial charge in [0.25, 0.3) is 0 Å². The van der Waals surface area contributed by atoms with E-state index < -0.39 is 0 Å². The Balaban J connectivity index is 1.26. The molecule has 1 aliphatic carbocycles. The molecule has 1 aliphatic rings. The predicted octanol–water partition coefficient (Wildman–Crippen LogP) is 12.2. The fourth-order valence-corrected chi connectivity index (χ4v) is 9.84. The maximum absolute atomic E-state index is 5.52. The zero-order chi connectivity index (χ0) is 32.4. The van der Waals surface area contributed by atoms with Gasteiger partial charge in [0.15, 0.2) is 0 Å². The van der Waals surface area contributed by atoms with Crippen LogP contribution in [0.4, 0.5) is 0 Å². The lowest BCUT2D eigenvalue weighted by molar-refractivity contribution is 0.660. The summed E-state index contributed by atoms with van der Waals surface area (Å²) in [6.45, 7) is 4.67. The molecule has 0 saturated carbocycles. The van der Waals surface area contributed by atoms with E-state index in [0.717, 1.165) is 33.2 Å². The summed E-state index contributed by atoms with van der Waals surface area (Å²) in [6.07, 6.45) is 0. The number of hydrogen-bond acceptors (Lipinski definition) is 3. The minimum atomic E-state index is -0.102. The Labute approximate surface area is 286 Å². The molecule has 0 fully saturated rings. The van der Waals surface area contributed by atoms with Crippen LogP contribution in [-0.4, -0.2) is 14.5 Å². The normalized spacial score (nSPS) is 13.7. The summed E-state index contributed by atoms with van der Waals surface area (Å²) in [5, 5.41) is 8.64. The van der Waals surface area contributed by atoms with Gasteiger partial charge in [0, 0.05) is 52.7 Å². The van der Waals surface area contributed by atoms with Crippen molar-refractivity contribution in [1.29, 1.82) is 0 Å². The Bertz CT molecular complexity index is 3030. The highest BCUT2D eigenvalue weighted by atomic mass is 32.1. The first-order valence-electron chi connectivity index (χ1n) is 16.8. The van der Waals surface area contributed by atoms with Crippen LogP contribution in [0, 0.1) is 0 Å². The molecule has 10 aromatic rings. The molecular formula is C45H29N3S. The first-order chi connectivity index (χ1) is 24.1. The summed E-state index contributed by atoms with van der Waals surface area (Å²) in [7, 11) is 0. The lowest BCUT2D eigenvalue weighted by Gasteiger charge is -2.22. The number of thiophene rings is 1. The number of nitrogens with zero attached hydrogens (tertiary/aromatic N) is 3. The summed E-state index contributed by atoms with van der Waals surface area (Å²) < 4.78 is 4.93. The van der Waals surface area contributed by atoms with Gasteiger partial charge in [0.2, 0.25) is 5.95 Å². The molecule has 0 N–H and O–H groups in total. The van der Waals surface area contributed by atoms with Crippen molar-refractivity contribution >= 4 is 75.0 Å². The minimum absolute atomic E-state index is 0.102. The monoisotopic (exact) mass is 643 g/mol. The maximum atomic E-state index is 5.52. The van der Waals surface area contributed by atoms with Gasteiger partial charge in [0.05, 0.1) is 22.2 Å². The summed E-state index contributed by atoms with van der Waals surface area (Å²) in [5.41, 5.74) is 10.5. The van der Waals surface area contributed by atoms with Gasteiger partial charge in [-0.2, -0.15) is 0 Å². The molecule has 0 radical (unpaired) electrons. The van der Waals surface area contributed by atoms with Crippen LogP contribution in [0.1, 0.15) is 25.0 Å². The molecule has 3 nitrogen and oxygen atoms in total. The summed E-state index contributed by atoms with van der Waals surface area (Å²) in [5.74, 6) is 0.688. The van der Waals surface area contributed by atoms with Gasteiger partial charge in [-0.15, -0.1) is 11.3 Å². The van der Waals surface area contributed by atoms with Crippen LogP contribution in [0.25, 0.3) is 92.0 Å². The van der Waals surface area contributed by atoms with Gasteiger partial charge in [-0.25, -0.2) is 9.97 Å². The number of fused-ring (bicyclic) bond motifs is 14. The average Bonchev–Trinajstić information content (AvgIpc) is 3.78. The molecule has 0 spiro atoms. The highest BCUT2D eigenvalue weighted by Gasteiger charge is 2.35. The van der Waals surface area contributed by atoms with Crippen molar-refractivity contribution < 1.29 is 0 Å². The average molecular weight is 644 g/mol. The molecule has 0 bridgehead atoms. The van der Waals surface area contributed by atoms with Crippen molar-refractivity contribution in [2.75, 3.05) is 0 Å². The van der Waals surface area contributed by atoms with E-state index in [2.05, 4.69) is 158 Å². The summed E-state index contributed by atoms with van der Waals surface area (Å²) >= 11 is 1.88. The molecular weight excluding hydrogens is 615 g/mol. The van der Waals surface area contributed by atoms with E-state index >= 15 is 0 Å². The quantitative estimate of drug-likeness (QED) is 0.188. The highest BCUT2D eigenvalue weighted by molar-refractivity contribution is 7.27. The smallest absolute Gasteiger partial charge is 0.235 e. The molecule has 0 aliphatic heterocycles. The van der Waals surface area contributed by atoms with E-state index in [4.69, 9.17) is 9.97 Å². The molecule has 3 aromatic heterocycles. The Morgan fingerprint density at radius 2 is 1.22 bits per heavy atom. The zero-order valence-electron chi connectivity index (χ0n) is 27.0. The summed E-state index contributed by atoms with van der Waals surface area (Å²) in [6, 6.07) is 50.6. The first-order valence-corrected chi connectivity index (χ1v) is 17.7. The number of para-hydroxylation sites is 2. The second-order valence-electron chi connectivity index (χ2n) is 13.7. The van der Waals surface area contributed by atoms with E-state index in [1.807, 2.05) is 11.3 Å². The Morgan fingerprint density at radius 1 is 0.551 bits per heavy atom. The standard InChI is InChI=1S/C45H29N3S/c1-45(2)34-19-9-5-13-27(34)28-24-23-26(25-35(28)45)41-31-16-6-10-20-36(31)46-44(47-41)48-37-21-11-7-17-32(37)40-42(48)30-15-4-3-14-29(30)39-33-18-8-12-22-38(33)49-43(39)40/h3-25H,1-2H3. The number of hydrogen-bond donors (Lipinski definition) is 0. The number of benzene rings is 7. The Kier molecular flexibility index (Phi) is 5.33. The van der Waals surface area contributed by atoms with Gasteiger partial charge in [-0.1, -0.05) is 129 Å². The van der Waals surface area contributed by atoms with Crippen molar-refractivity contribution in [1.82, 2.24) is 14.5 Å². The minimum Gasteiger partial charge on any atom is -0.277 e. The molecule has 11 rings (SSSR count). The van der Waals surface area contributed by atoms with Crippen molar-refractivity contribution in [2.24, 2.45) is 0 Å². The van der Waals surface area contributed by atoms with Crippen molar-refractivity contribution in [3.8, 4) is 28.3 Å². The molecule has 0 saturated heterocycles. The Hall–Kier alpha value is -5.84. The number of rotatable bonds is 2. The molecule has 0 amide bonds. The van der Waals surface area contributed by atoms with Gasteiger partial charge in [-0.05, 0) is 51.9 Å². The molecule has 3 heterocycles. The van der Waals surface area contributed by atoms with Crippen LogP contribution >= 0.6 is 11.3 Å². The van der Waals surface area contributed by atoms with E-state index in [1.165, 1.54) is 64.0 Å². The van der Waals surface area contributed by atoms with Crippen LogP contribution in [-0.2, 0) is 5.41 Å². The third-order valence-corrected chi connectivity index (χ3v) is 12.0. The molecule has 0 unspecified atom stereocenters. The van der Waals surface area contributed by atoms with Crippen molar-refractivity contribution in [2.45, 2.75) is 19.3 Å². The molecule has 230 valence electrons. The lowest BCUT2D eigenvalue weighted by Crippen LogP contribution is -2.15. The van der Waals surface area contributed by atoms with E-state index in [1.54, 1.807) is 0 Å². The molecule has 7 aromatic carbocycles. The van der Waals surface area contributed by atoms with Gasteiger partial charge < -0.3 is 0 Å². The second-order valence-corrected chi connectivity index (χ2v) is 14.8. The second kappa shape index (κ2) is 9.62. The lowest BCUT2D eigenvalue weighted by atomic mass is 9.82. The van der Waals surface area contributed by atoms with Crippen LogP contribution in [0.2, 0.25) is 0 Å². The predicted molar refractivity (Wildman–Crippen MR) is 207 cm³/mol. The topological polar surface area (TPSA) is 30.7 Å². The van der Waals surface area contributed by atoms with Crippen LogP contribution in [0.15, 0.2) is 140 Å². The largest absolute Gasteiger partial charge is 0.277 e. The molecule has 4 heteroatoms. The molecule has 0 atom stereocenters. The van der Waals surface area contributed by atoms with E-state index in [-0.39, 0.29) is 5.41 Å². The van der Waals surface area contributed by atoms with E-state index in [0.29, 0.717) is 5.95 Å². The van der Waals surface area contributed by atoms with Crippen LogP contribution in [0.5, 0.6) is 0 Å². The summed E-state index contributed by atoms with van der Waals surface area (Å²) in [4.78, 5) is 10.8. The maximum Gasteiger partial charge on any atom is 0.235 e. The Morgan fingerprint density at radius 3 is 2.10 bits per heavy atom. The van der Waals surface area contributed by atoms with Crippen LogP contribution < -0.4 is 0 Å². The van der Waals surface area contributed by atoms with E-state index in [9.17, 15) is 0 Å². The third kappa shape index (κ3) is 3.56. The SMILES string of the molecule is CC1(C)c2ccccc2-c2ccc(-c3nc(-n4c5ccccc5c5c6sc7ccccc7c6c6ccccc6c54)nc4ccccc34)cc21. The van der Waals surface area contributed by atoms with Gasteiger partial charge in [0.1, 0.15) is 0 Å². The van der Waals surface area contributed by atoms with Gasteiger partial charge in [-0.3, -0.25) is 4.57 Å². The zero-order valence-corrected chi connectivity index (χ0v) is 27.8. The fourth-order valence-electron chi connectivity index (χ4n) is 8.57. The number of aromatic nitrogens is 3. The van der Waals surface area contributed by atoms with Crippen molar-refractivity contribution in [3.63, 3.8) is 0 Å². The van der Waals surface area contributed by atoms with Gasteiger partial charge >= 0.3 is 0 Å². The first kappa shape index (κ1) is 27.1. The highest BCUT2D eigenvalue weighted by Crippen LogP contribution is 2.50. The fraction of sp³-hybridized carbons (Fsp3) is 0.0667.